The third kappa shape index (κ3) is 8.37. The van der Waals surface area contributed by atoms with E-state index in [1.165, 1.54) is 0 Å². The molecular weight excluding hydrogens is 356 g/mol. The number of benzene rings is 1. The summed E-state index contributed by atoms with van der Waals surface area (Å²) < 4.78 is 6.68. The van der Waals surface area contributed by atoms with Crippen molar-refractivity contribution < 1.29 is 9.53 Å². The van der Waals surface area contributed by atoms with Gasteiger partial charge in [-0.3, -0.25) is 4.79 Å². The molecule has 23 heavy (non-hydrogen) atoms. The number of hydrogen-bond donors (Lipinski definition) is 1. The highest BCUT2D eigenvalue weighted by atomic mass is 79.9. The van der Waals surface area contributed by atoms with Gasteiger partial charge in [0, 0.05) is 30.5 Å². The number of rotatable bonds is 10. The van der Waals surface area contributed by atoms with Gasteiger partial charge in [-0.1, -0.05) is 29.8 Å². The van der Waals surface area contributed by atoms with E-state index in [2.05, 4.69) is 29.8 Å². The van der Waals surface area contributed by atoms with E-state index < -0.39 is 0 Å². The minimum Gasteiger partial charge on any atom is -0.494 e. The third-order valence-electron chi connectivity index (χ3n) is 3.95. The van der Waals surface area contributed by atoms with Gasteiger partial charge in [0.2, 0.25) is 5.91 Å². The Morgan fingerprint density at radius 2 is 1.91 bits per heavy atom. The Labute approximate surface area is 148 Å². The van der Waals surface area contributed by atoms with Crippen molar-refractivity contribution in [3.8, 4) is 5.75 Å². The third-order valence-corrected chi connectivity index (χ3v) is 4.48. The van der Waals surface area contributed by atoms with Crippen LogP contribution in [0.25, 0.3) is 0 Å². The first-order valence-corrected chi connectivity index (χ1v) is 9.07. The topological polar surface area (TPSA) is 55.6 Å². The predicted octanol–water partition coefficient (Wildman–Crippen LogP) is 3.83. The molecule has 130 valence electrons. The second kappa shape index (κ2) is 10.7. The molecule has 0 radical (unpaired) electrons. The van der Waals surface area contributed by atoms with Crippen LogP contribution in [-0.4, -0.2) is 37.0 Å². The first-order valence-electron chi connectivity index (χ1n) is 8.28. The van der Waals surface area contributed by atoms with Gasteiger partial charge >= 0.3 is 0 Å². The summed E-state index contributed by atoms with van der Waals surface area (Å²) in [5.41, 5.74) is 6.01. The first kappa shape index (κ1) is 20.0. The van der Waals surface area contributed by atoms with Gasteiger partial charge in [-0.2, -0.15) is 0 Å². The Hall–Kier alpha value is -1.07. The molecule has 1 amide bonds. The van der Waals surface area contributed by atoms with Crippen LogP contribution in [0.4, 0.5) is 0 Å². The van der Waals surface area contributed by atoms with Crippen LogP contribution in [-0.2, 0) is 4.79 Å². The highest BCUT2D eigenvalue weighted by Crippen LogP contribution is 2.16. The summed E-state index contributed by atoms with van der Waals surface area (Å²) >= 11 is 3.39. The normalized spacial score (nSPS) is 12.3. The summed E-state index contributed by atoms with van der Waals surface area (Å²) in [5.74, 6) is 1.50. The number of ether oxygens (including phenoxy) is 1. The average molecular weight is 385 g/mol. The SMILES string of the molecule is CC(C)C(N)CCN(C)C(=O)CCCCOc1ccc(Br)cc1. The summed E-state index contributed by atoms with van der Waals surface area (Å²) in [6, 6.07) is 7.93. The molecule has 4 nitrogen and oxygen atoms in total. The van der Waals surface area contributed by atoms with E-state index in [1.54, 1.807) is 4.90 Å². The molecular formula is C18H29BrN2O2. The maximum absolute atomic E-state index is 12.0. The maximum Gasteiger partial charge on any atom is 0.222 e. The number of hydrogen-bond acceptors (Lipinski definition) is 3. The van der Waals surface area contributed by atoms with Crippen molar-refractivity contribution in [1.29, 1.82) is 0 Å². The number of nitrogens with zero attached hydrogens (tertiary/aromatic N) is 1. The van der Waals surface area contributed by atoms with E-state index in [4.69, 9.17) is 10.5 Å². The lowest BCUT2D eigenvalue weighted by molar-refractivity contribution is -0.130. The smallest absolute Gasteiger partial charge is 0.222 e. The van der Waals surface area contributed by atoms with E-state index in [0.29, 0.717) is 18.9 Å². The Kier molecular flexibility index (Phi) is 9.26. The van der Waals surface area contributed by atoms with Crippen molar-refractivity contribution in [2.45, 2.75) is 45.6 Å². The zero-order valence-electron chi connectivity index (χ0n) is 14.4. The van der Waals surface area contributed by atoms with Gasteiger partial charge in [-0.05, 0) is 49.4 Å². The molecule has 1 rings (SSSR count). The summed E-state index contributed by atoms with van der Waals surface area (Å²) in [5, 5.41) is 0. The molecule has 0 spiro atoms. The number of nitrogens with two attached hydrogens (primary N) is 1. The molecule has 0 fully saturated rings. The lowest BCUT2D eigenvalue weighted by Crippen LogP contribution is -2.34. The Morgan fingerprint density at radius 3 is 2.52 bits per heavy atom. The van der Waals surface area contributed by atoms with E-state index in [-0.39, 0.29) is 11.9 Å². The van der Waals surface area contributed by atoms with Crippen molar-refractivity contribution in [3.63, 3.8) is 0 Å². The van der Waals surface area contributed by atoms with Crippen LogP contribution in [0.2, 0.25) is 0 Å². The first-order chi connectivity index (χ1) is 10.9. The van der Waals surface area contributed by atoms with E-state index >= 15 is 0 Å². The van der Waals surface area contributed by atoms with Gasteiger partial charge in [0.05, 0.1) is 6.61 Å². The summed E-state index contributed by atoms with van der Waals surface area (Å²) in [4.78, 5) is 13.8. The minimum atomic E-state index is 0.157. The fraction of sp³-hybridized carbons (Fsp3) is 0.611. The van der Waals surface area contributed by atoms with Crippen molar-refractivity contribution >= 4 is 21.8 Å². The van der Waals surface area contributed by atoms with Crippen LogP contribution in [0.5, 0.6) is 5.75 Å². The Bertz CT molecular complexity index is 463. The molecule has 0 bridgehead atoms. The summed E-state index contributed by atoms with van der Waals surface area (Å²) in [6.45, 7) is 5.58. The van der Waals surface area contributed by atoms with Crippen LogP contribution in [0.15, 0.2) is 28.7 Å². The molecule has 1 aromatic rings. The quantitative estimate of drug-likeness (QED) is 0.623. The van der Waals surface area contributed by atoms with Gasteiger partial charge < -0.3 is 15.4 Å². The van der Waals surface area contributed by atoms with E-state index in [1.807, 2.05) is 31.3 Å². The van der Waals surface area contributed by atoms with Crippen LogP contribution >= 0.6 is 15.9 Å². The van der Waals surface area contributed by atoms with Gasteiger partial charge in [0.15, 0.2) is 0 Å². The van der Waals surface area contributed by atoms with Crippen molar-refractivity contribution in [2.75, 3.05) is 20.2 Å². The van der Waals surface area contributed by atoms with Crippen molar-refractivity contribution in [2.24, 2.45) is 11.7 Å². The number of amides is 1. The van der Waals surface area contributed by atoms with E-state index in [9.17, 15) is 4.79 Å². The lowest BCUT2D eigenvalue weighted by Gasteiger charge is -2.21. The number of halogens is 1. The second-order valence-corrected chi connectivity index (χ2v) is 7.19. The van der Waals surface area contributed by atoms with E-state index in [0.717, 1.165) is 36.0 Å². The highest BCUT2D eigenvalue weighted by molar-refractivity contribution is 9.10. The largest absolute Gasteiger partial charge is 0.494 e. The Balaban J connectivity index is 2.12. The molecule has 2 N–H and O–H groups in total. The second-order valence-electron chi connectivity index (χ2n) is 6.27. The van der Waals surface area contributed by atoms with Gasteiger partial charge in [-0.15, -0.1) is 0 Å². The predicted molar refractivity (Wildman–Crippen MR) is 98.6 cm³/mol. The number of unbranched alkanes of at least 4 members (excludes halogenated alkanes) is 1. The molecule has 0 heterocycles. The van der Waals surface area contributed by atoms with Crippen molar-refractivity contribution in [3.05, 3.63) is 28.7 Å². The fourth-order valence-electron chi connectivity index (χ4n) is 2.09. The van der Waals surface area contributed by atoms with Crippen LogP contribution < -0.4 is 10.5 Å². The molecule has 5 heteroatoms. The molecule has 0 aliphatic rings. The van der Waals surface area contributed by atoms with Crippen LogP contribution in [0, 0.1) is 5.92 Å². The molecule has 0 saturated heterocycles. The maximum atomic E-state index is 12.0. The molecule has 1 aromatic carbocycles. The lowest BCUT2D eigenvalue weighted by atomic mass is 10.0. The number of carbonyl (C=O) groups excluding carboxylic acids is 1. The minimum absolute atomic E-state index is 0.157. The highest BCUT2D eigenvalue weighted by Gasteiger charge is 2.12. The van der Waals surface area contributed by atoms with Crippen LogP contribution in [0.3, 0.4) is 0 Å². The zero-order chi connectivity index (χ0) is 17.2. The zero-order valence-corrected chi connectivity index (χ0v) is 16.0. The van der Waals surface area contributed by atoms with Crippen molar-refractivity contribution in [1.82, 2.24) is 4.90 Å². The molecule has 0 aliphatic carbocycles. The summed E-state index contributed by atoms with van der Waals surface area (Å²) in [6.07, 6.45) is 3.14. The molecule has 0 aromatic heterocycles. The Morgan fingerprint density at radius 1 is 1.26 bits per heavy atom. The summed E-state index contributed by atoms with van der Waals surface area (Å²) in [7, 11) is 1.85. The van der Waals surface area contributed by atoms with Gasteiger partial charge in [-0.25, -0.2) is 0 Å². The molecule has 1 unspecified atom stereocenters. The van der Waals surface area contributed by atoms with Gasteiger partial charge in [0.1, 0.15) is 5.75 Å². The fourth-order valence-corrected chi connectivity index (χ4v) is 2.36. The average Bonchev–Trinajstić information content (AvgIpc) is 2.53. The monoisotopic (exact) mass is 384 g/mol. The molecule has 0 saturated carbocycles. The molecule has 1 atom stereocenters. The number of carbonyl (C=O) groups is 1. The van der Waals surface area contributed by atoms with Crippen LogP contribution in [0.1, 0.15) is 39.5 Å². The molecule has 0 aliphatic heterocycles. The standard InChI is InChI=1S/C18H29BrN2O2/c1-14(2)17(20)11-12-21(3)18(22)6-4-5-13-23-16-9-7-15(19)8-10-16/h7-10,14,17H,4-6,11-13,20H2,1-3H3. The van der Waals surface area contributed by atoms with Gasteiger partial charge in [0.25, 0.3) is 0 Å².